The number of carboxylic acids is 1. The summed E-state index contributed by atoms with van der Waals surface area (Å²) in [6.45, 7) is -0.520. The van der Waals surface area contributed by atoms with E-state index in [0.717, 1.165) is 12.8 Å². The molecule has 0 heterocycles. The summed E-state index contributed by atoms with van der Waals surface area (Å²) in [7, 11) is 0. The van der Waals surface area contributed by atoms with Gasteiger partial charge in [0.2, 0.25) is 0 Å². The second kappa shape index (κ2) is 7.69. The van der Waals surface area contributed by atoms with Gasteiger partial charge >= 0.3 is 12.1 Å². The molecule has 0 aliphatic heterocycles. The Balaban J connectivity index is 1.98. The molecule has 0 aromatic heterocycles. The van der Waals surface area contributed by atoms with E-state index in [4.69, 9.17) is 5.11 Å². The predicted molar refractivity (Wildman–Crippen MR) is 62.9 cm³/mol. The zero-order valence-corrected chi connectivity index (χ0v) is 10.7. The van der Waals surface area contributed by atoms with Crippen LogP contribution in [-0.4, -0.2) is 43.1 Å². The summed E-state index contributed by atoms with van der Waals surface area (Å²) >= 11 is 0. The molecule has 0 aromatic carbocycles. The number of carboxylic acid groups (broad SMARTS) is 1. The molecular formula is C12H20F3NO3. The van der Waals surface area contributed by atoms with Gasteiger partial charge in [0.05, 0.1) is 5.92 Å². The Morgan fingerprint density at radius 3 is 2.42 bits per heavy atom. The first kappa shape index (κ1) is 16.2. The fourth-order valence-electron chi connectivity index (χ4n) is 2.21. The molecule has 0 amide bonds. The van der Waals surface area contributed by atoms with Crippen molar-refractivity contribution in [3.63, 3.8) is 0 Å². The van der Waals surface area contributed by atoms with Crippen LogP contribution >= 0.6 is 0 Å². The van der Waals surface area contributed by atoms with E-state index < -0.39 is 18.8 Å². The van der Waals surface area contributed by atoms with Crippen molar-refractivity contribution in [1.29, 1.82) is 0 Å². The van der Waals surface area contributed by atoms with Gasteiger partial charge < -0.3 is 15.2 Å². The lowest BCUT2D eigenvalue weighted by Gasteiger charge is -2.26. The Morgan fingerprint density at radius 1 is 1.26 bits per heavy atom. The van der Waals surface area contributed by atoms with Crippen molar-refractivity contribution < 1.29 is 27.8 Å². The maximum atomic E-state index is 11.8. The van der Waals surface area contributed by atoms with Gasteiger partial charge in [-0.25, -0.2) is 0 Å². The van der Waals surface area contributed by atoms with Gasteiger partial charge in [-0.1, -0.05) is 0 Å². The molecular weight excluding hydrogens is 263 g/mol. The molecule has 4 nitrogen and oxygen atoms in total. The number of halogens is 3. The Kier molecular flexibility index (Phi) is 6.57. The summed E-state index contributed by atoms with van der Waals surface area (Å²) in [6.07, 6.45) is -0.798. The third-order valence-corrected chi connectivity index (χ3v) is 3.24. The minimum absolute atomic E-state index is 0.0803. The Hall–Kier alpha value is -0.820. The number of hydrogen-bond donors (Lipinski definition) is 2. The fourth-order valence-corrected chi connectivity index (χ4v) is 2.21. The molecule has 0 aromatic rings. The number of hydrogen-bond acceptors (Lipinski definition) is 3. The highest BCUT2D eigenvalue weighted by atomic mass is 19.4. The Labute approximate surface area is 110 Å². The van der Waals surface area contributed by atoms with Crippen LogP contribution in [0.15, 0.2) is 0 Å². The highest BCUT2D eigenvalue weighted by Gasteiger charge is 2.27. The van der Waals surface area contributed by atoms with Crippen molar-refractivity contribution in [3.8, 4) is 0 Å². The van der Waals surface area contributed by atoms with Crippen LogP contribution in [0.3, 0.4) is 0 Å². The van der Waals surface area contributed by atoms with Gasteiger partial charge in [0.25, 0.3) is 0 Å². The average molecular weight is 283 g/mol. The third kappa shape index (κ3) is 7.37. The van der Waals surface area contributed by atoms with Crippen molar-refractivity contribution in [3.05, 3.63) is 0 Å². The van der Waals surface area contributed by atoms with Gasteiger partial charge in [0, 0.05) is 12.6 Å². The van der Waals surface area contributed by atoms with E-state index in [1.807, 2.05) is 0 Å². The smallest absolute Gasteiger partial charge is 0.411 e. The molecule has 0 atom stereocenters. The minimum Gasteiger partial charge on any atom is -0.481 e. The van der Waals surface area contributed by atoms with Gasteiger partial charge in [0.15, 0.2) is 0 Å². The van der Waals surface area contributed by atoms with Crippen molar-refractivity contribution in [2.75, 3.05) is 19.8 Å². The van der Waals surface area contributed by atoms with Crippen LogP contribution in [-0.2, 0) is 9.53 Å². The van der Waals surface area contributed by atoms with E-state index in [-0.39, 0.29) is 18.6 Å². The number of alkyl halides is 3. The van der Waals surface area contributed by atoms with Crippen LogP contribution in [0, 0.1) is 5.92 Å². The first-order valence-electron chi connectivity index (χ1n) is 6.49. The highest BCUT2D eigenvalue weighted by molar-refractivity contribution is 5.70. The predicted octanol–water partition coefficient (Wildman–Crippen LogP) is 2.19. The van der Waals surface area contributed by atoms with Crippen LogP contribution in [0.1, 0.15) is 32.1 Å². The zero-order chi connectivity index (χ0) is 14.3. The van der Waals surface area contributed by atoms with E-state index >= 15 is 0 Å². The van der Waals surface area contributed by atoms with E-state index in [1.54, 1.807) is 0 Å². The third-order valence-electron chi connectivity index (χ3n) is 3.24. The molecule has 1 aliphatic carbocycles. The summed E-state index contributed by atoms with van der Waals surface area (Å²) < 4.78 is 39.8. The summed E-state index contributed by atoms with van der Waals surface area (Å²) in [5.41, 5.74) is 0. The first-order chi connectivity index (χ1) is 8.88. The lowest BCUT2D eigenvalue weighted by Crippen LogP contribution is -2.35. The Morgan fingerprint density at radius 2 is 1.89 bits per heavy atom. The maximum absolute atomic E-state index is 11.8. The van der Waals surface area contributed by atoms with E-state index in [0.29, 0.717) is 25.8 Å². The molecule has 1 fully saturated rings. The average Bonchev–Trinajstić information content (AvgIpc) is 2.33. The number of carbonyl (C=O) groups is 1. The maximum Gasteiger partial charge on any atom is 0.411 e. The van der Waals surface area contributed by atoms with Gasteiger partial charge in [-0.2, -0.15) is 13.2 Å². The van der Waals surface area contributed by atoms with E-state index in [9.17, 15) is 18.0 Å². The lowest BCUT2D eigenvalue weighted by molar-refractivity contribution is -0.174. The number of rotatable bonds is 7. The van der Waals surface area contributed by atoms with Crippen LogP contribution in [0.25, 0.3) is 0 Å². The van der Waals surface area contributed by atoms with Crippen molar-refractivity contribution in [1.82, 2.24) is 5.32 Å². The van der Waals surface area contributed by atoms with Crippen LogP contribution in [0.2, 0.25) is 0 Å². The molecule has 2 N–H and O–H groups in total. The SMILES string of the molecule is O=C(O)C1CCC(NCCCOCC(F)(F)F)CC1. The van der Waals surface area contributed by atoms with E-state index in [1.165, 1.54) is 0 Å². The normalized spacial score (nSPS) is 24.4. The number of ether oxygens (including phenoxy) is 1. The monoisotopic (exact) mass is 283 g/mol. The zero-order valence-electron chi connectivity index (χ0n) is 10.7. The number of aliphatic carboxylic acids is 1. The van der Waals surface area contributed by atoms with Crippen molar-refractivity contribution in [2.45, 2.75) is 44.3 Å². The topological polar surface area (TPSA) is 58.6 Å². The van der Waals surface area contributed by atoms with Crippen molar-refractivity contribution >= 4 is 5.97 Å². The number of nitrogens with one attached hydrogen (secondary N) is 1. The molecule has 1 saturated carbocycles. The van der Waals surface area contributed by atoms with Crippen LogP contribution in [0.5, 0.6) is 0 Å². The second-order valence-corrected chi connectivity index (χ2v) is 4.86. The van der Waals surface area contributed by atoms with E-state index in [2.05, 4.69) is 10.1 Å². The largest absolute Gasteiger partial charge is 0.481 e. The molecule has 7 heteroatoms. The first-order valence-corrected chi connectivity index (χ1v) is 6.49. The standard InChI is InChI=1S/C12H20F3NO3/c13-12(14,15)8-19-7-1-6-16-10-4-2-9(3-5-10)11(17)18/h9-10,16H,1-8H2,(H,17,18). The molecule has 0 radical (unpaired) electrons. The van der Waals surface area contributed by atoms with Gasteiger partial charge in [-0.15, -0.1) is 0 Å². The van der Waals surface area contributed by atoms with Crippen molar-refractivity contribution in [2.24, 2.45) is 5.92 Å². The Bertz CT molecular complexity index is 276. The summed E-state index contributed by atoms with van der Waals surface area (Å²) in [6, 6.07) is 0.276. The van der Waals surface area contributed by atoms with Gasteiger partial charge in [0.1, 0.15) is 6.61 Å². The fraction of sp³-hybridized carbons (Fsp3) is 0.917. The minimum atomic E-state index is -4.26. The summed E-state index contributed by atoms with van der Waals surface area (Å²) in [5.74, 6) is -0.979. The molecule has 0 bridgehead atoms. The summed E-state index contributed by atoms with van der Waals surface area (Å²) in [5, 5.41) is 12.1. The summed E-state index contributed by atoms with van der Waals surface area (Å²) in [4.78, 5) is 10.7. The second-order valence-electron chi connectivity index (χ2n) is 4.86. The molecule has 0 saturated heterocycles. The molecule has 1 aliphatic rings. The molecule has 112 valence electrons. The molecule has 1 rings (SSSR count). The highest BCUT2D eigenvalue weighted by Crippen LogP contribution is 2.24. The van der Waals surface area contributed by atoms with Crippen LogP contribution in [0.4, 0.5) is 13.2 Å². The lowest BCUT2D eigenvalue weighted by atomic mass is 9.86. The molecule has 0 spiro atoms. The molecule has 19 heavy (non-hydrogen) atoms. The van der Waals surface area contributed by atoms with Gasteiger partial charge in [-0.3, -0.25) is 4.79 Å². The quantitative estimate of drug-likeness (QED) is 0.703. The van der Waals surface area contributed by atoms with Crippen LogP contribution < -0.4 is 5.32 Å². The van der Waals surface area contributed by atoms with Gasteiger partial charge in [-0.05, 0) is 38.6 Å². The molecule has 0 unspecified atom stereocenters.